The van der Waals surface area contributed by atoms with Crippen LogP contribution < -0.4 is 0 Å². The lowest BCUT2D eigenvalue weighted by atomic mass is 9.96. The maximum Gasteiger partial charge on any atom is 0.124 e. The molecule has 3 rings (SSSR count). The van der Waals surface area contributed by atoms with Crippen molar-refractivity contribution in [3.63, 3.8) is 0 Å². The highest BCUT2D eigenvalue weighted by molar-refractivity contribution is 9.10. The van der Waals surface area contributed by atoms with Crippen molar-refractivity contribution in [1.82, 2.24) is 0 Å². The molecule has 0 aliphatic rings. The van der Waals surface area contributed by atoms with Crippen molar-refractivity contribution in [2.45, 2.75) is 6.10 Å². The Morgan fingerprint density at radius 1 is 0.900 bits per heavy atom. The van der Waals surface area contributed by atoms with E-state index in [1.807, 2.05) is 42.5 Å². The quantitative estimate of drug-likeness (QED) is 0.714. The van der Waals surface area contributed by atoms with Crippen LogP contribution in [0.25, 0.3) is 10.8 Å². The summed E-state index contributed by atoms with van der Waals surface area (Å²) < 4.78 is 13.7. The molecule has 1 nitrogen and oxygen atoms in total. The summed E-state index contributed by atoms with van der Waals surface area (Å²) in [5.41, 5.74) is 1.47. The number of aliphatic hydroxyl groups is 1. The zero-order valence-electron chi connectivity index (χ0n) is 10.6. The van der Waals surface area contributed by atoms with Gasteiger partial charge >= 0.3 is 0 Å². The van der Waals surface area contributed by atoms with Gasteiger partial charge in [0.25, 0.3) is 0 Å². The van der Waals surface area contributed by atoms with Crippen LogP contribution in [-0.2, 0) is 0 Å². The maximum atomic E-state index is 13.2. The molecule has 3 aromatic carbocycles. The van der Waals surface area contributed by atoms with E-state index in [0.29, 0.717) is 10.0 Å². The van der Waals surface area contributed by atoms with Gasteiger partial charge in [-0.15, -0.1) is 0 Å². The molecule has 1 unspecified atom stereocenters. The molecular weight excluding hydrogens is 319 g/mol. The van der Waals surface area contributed by atoms with E-state index in [1.54, 1.807) is 6.07 Å². The van der Waals surface area contributed by atoms with E-state index in [-0.39, 0.29) is 5.82 Å². The Balaban J connectivity index is 2.15. The molecule has 3 heteroatoms. The third kappa shape index (κ3) is 2.35. The van der Waals surface area contributed by atoms with Crippen LogP contribution in [0, 0.1) is 5.82 Å². The Bertz CT molecular complexity index is 765. The van der Waals surface area contributed by atoms with E-state index in [0.717, 1.165) is 16.3 Å². The Kier molecular flexibility index (Phi) is 3.55. The fourth-order valence-corrected chi connectivity index (χ4v) is 2.95. The third-order valence-electron chi connectivity index (χ3n) is 3.38. The number of hydrogen-bond acceptors (Lipinski definition) is 1. The lowest BCUT2D eigenvalue weighted by Gasteiger charge is -2.15. The SMILES string of the molecule is OC(c1ccc(F)cc1Br)c1cccc2ccccc12. The second-order valence-corrected chi connectivity index (χ2v) is 5.49. The molecule has 0 saturated heterocycles. The van der Waals surface area contributed by atoms with E-state index >= 15 is 0 Å². The van der Waals surface area contributed by atoms with Gasteiger partial charge in [-0.05, 0) is 34.0 Å². The van der Waals surface area contributed by atoms with E-state index < -0.39 is 6.10 Å². The topological polar surface area (TPSA) is 20.2 Å². The summed E-state index contributed by atoms with van der Waals surface area (Å²) in [4.78, 5) is 0. The predicted molar refractivity (Wildman–Crippen MR) is 82.1 cm³/mol. The normalized spacial score (nSPS) is 12.6. The van der Waals surface area contributed by atoms with Crippen LogP contribution >= 0.6 is 15.9 Å². The summed E-state index contributed by atoms with van der Waals surface area (Å²) in [6, 6.07) is 18.0. The average Bonchev–Trinajstić information content (AvgIpc) is 2.46. The molecule has 0 spiro atoms. The number of aliphatic hydroxyl groups excluding tert-OH is 1. The number of rotatable bonds is 2. The fourth-order valence-electron chi connectivity index (χ4n) is 2.38. The smallest absolute Gasteiger partial charge is 0.124 e. The molecule has 0 fully saturated rings. The van der Waals surface area contributed by atoms with Gasteiger partial charge in [-0.1, -0.05) is 64.5 Å². The van der Waals surface area contributed by atoms with Crippen molar-refractivity contribution in [2.75, 3.05) is 0 Å². The van der Waals surface area contributed by atoms with Gasteiger partial charge in [0.15, 0.2) is 0 Å². The largest absolute Gasteiger partial charge is 0.384 e. The van der Waals surface area contributed by atoms with Crippen molar-refractivity contribution in [1.29, 1.82) is 0 Å². The summed E-state index contributed by atoms with van der Waals surface area (Å²) in [5, 5.41) is 12.7. The molecule has 20 heavy (non-hydrogen) atoms. The number of halogens is 2. The average molecular weight is 331 g/mol. The van der Waals surface area contributed by atoms with Gasteiger partial charge in [0, 0.05) is 4.47 Å². The monoisotopic (exact) mass is 330 g/mol. The minimum Gasteiger partial charge on any atom is -0.384 e. The number of hydrogen-bond donors (Lipinski definition) is 1. The maximum absolute atomic E-state index is 13.2. The van der Waals surface area contributed by atoms with Crippen LogP contribution in [0.1, 0.15) is 17.2 Å². The summed E-state index contributed by atoms with van der Waals surface area (Å²) in [6.45, 7) is 0. The second-order valence-electron chi connectivity index (χ2n) is 4.64. The number of benzene rings is 3. The first-order valence-electron chi connectivity index (χ1n) is 6.27. The van der Waals surface area contributed by atoms with Crippen LogP contribution in [-0.4, -0.2) is 5.11 Å². The molecule has 3 aromatic rings. The Labute approximate surface area is 124 Å². The van der Waals surface area contributed by atoms with E-state index in [4.69, 9.17) is 0 Å². The molecular formula is C17H12BrFO. The highest BCUT2D eigenvalue weighted by Crippen LogP contribution is 2.32. The summed E-state index contributed by atoms with van der Waals surface area (Å²) in [5.74, 6) is -0.328. The zero-order valence-corrected chi connectivity index (χ0v) is 12.1. The summed E-state index contributed by atoms with van der Waals surface area (Å²) in [6.07, 6.45) is -0.795. The van der Waals surface area contributed by atoms with E-state index in [9.17, 15) is 9.50 Å². The molecule has 0 bridgehead atoms. The van der Waals surface area contributed by atoms with Gasteiger partial charge < -0.3 is 5.11 Å². The first-order valence-corrected chi connectivity index (χ1v) is 7.07. The molecule has 0 aliphatic heterocycles. The predicted octanol–water partition coefficient (Wildman–Crippen LogP) is 4.82. The zero-order chi connectivity index (χ0) is 14.1. The minimum atomic E-state index is -0.795. The third-order valence-corrected chi connectivity index (χ3v) is 4.06. The van der Waals surface area contributed by atoms with Crippen LogP contribution in [0.15, 0.2) is 65.1 Å². The molecule has 0 heterocycles. The highest BCUT2D eigenvalue weighted by atomic mass is 79.9. The van der Waals surface area contributed by atoms with Crippen molar-refractivity contribution in [3.05, 3.63) is 82.1 Å². The van der Waals surface area contributed by atoms with Crippen molar-refractivity contribution < 1.29 is 9.50 Å². The van der Waals surface area contributed by atoms with Crippen molar-refractivity contribution in [3.8, 4) is 0 Å². The van der Waals surface area contributed by atoms with Crippen LogP contribution in [0.4, 0.5) is 4.39 Å². The van der Waals surface area contributed by atoms with Crippen LogP contribution in [0.3, 0.4) is 0 Å². The molecule has 0 aromatic heterocycles. The molecule has 0 aliphatic carbocycles. The fraction of sp³-hybridized carbons (Fsp3) is 0.0588. The van der Waals surface area contributed by atoms with Crippen molar-refractivity contribution in [2.24, 2.45) is 0 Å². The molecule has 0 amide bonds. The minimum absolute atomic E-state index is 0.328. The second kappa shape index (κ2) is 5.35. The Hall–Kier alpha value is -1.71. The number of fused-ring (bicyclic) bond motifs is 1. The molecule has 1 N–H and O–H groups in total. The van der Waals surface area contributed by atoms with Gasteiger partial charge in [0.2, 0.25) is 0 Å². The van der Waals surface area contributed by atoms with Crippen LogP contribution in [0.2, 0.25) is 0 Å². The Morgan fingerprint density at radius 2 is 1.65 bits per heavy atom. The molecule has 0 radical (unpaired) electrons. The summed E-state index contributed by atoms with van der Waals surface area (Å²) >= 11 is 3.31. The summed E-state index contributed by atoms with van der Waals surface area (Å²) in [7, 11) is 0. The van der Waals surface area contributed by atoms with Gasteiger partial charge in [0.1, 0.15) is 11.9 Å². The van der Waals surface area contributed by atoms with Gasteiger partial charge in [-0.25, -0.2) is 4.39 Å². The van der Waals surface area contributed by atoms with E-state index in [2.05, 4.69) is 15.9 Å². The lowest BCUT2D eigenvalue weighted by molar-refractivity contribution is 0.221. The highest BCUT2D eigenvalue weighted by Gasteiger charge is 2.16. The molecule has 0 saturated carbocycles. The van der Waals surface area contributed by atoms with Gasteiger partial charge in [-0.3, -0.25) is 0 Å². The first-order chi connectivity index (χ1) is 9.66. The lowest BCUT2D eigenvalue weighted by Crippen LogP contribution is -2.02. The standard InChI is InChI=1S/C17H12BrFO/c18-16-10-12(19)8-9-15(16)17(20)14-7-3-5-11-4-1-2-6-13(11)14/h1-10,17,20H. The van der Waals surface area contributed by atoms with E-state index in [1.165, 1.54) is 12.1 Å². The van der Waals surface area contributed by atoms with Gasteiger partial charge in [0.05, 0.1) is 0 Å². The van der Waals surface area contributed by atoms with Crippen LogP contribution in [0.5, 0.6) is 0 Å². The first kappa shape index (κ1) is 13.3. The van der Waals surface area contributed by atoms with Crippen molar-refractivity contribution >= 4 is 26.7 Å². The van der Waals surface area contributed by atoms with Gasteiger partial charge in [-0.2, -0.15) is 0 Å². The molecule has 1 atom stereocenters. The Morgan fingerprint density at radius 3 is 2.45 bits per heavy atom. The molecule has 100 valence electrons.